The highest BCUT2D eigenvalue weighted by Gasteiger charge is 2.18. The van der Waals surface area contributed by atoms with E-state index >= 15 is 0 Å². The van der Waals surface area contributed by atoms with E-state index in [2.05, 4.69) is 10.6 Å². The van der Waals surface area contributed by atoms with Crippen molar-refractivity contribution in [2.24, 2.45) is 0 Å². The van der Waals surface area contributed by atoms with Gasteiger partial charge < -0.3 is 19.8 Å². The fraction of sp³-hybridized carbons (Fsp3) is 0.286. The fourth-order valence-corrected chi connectivity index (χ4v) is 2.87. The number of carbonyl (C=O) groups excluding carboxylic acids is 2. The third-order valence-electron chi connectivity index (χ3n) is 2.85. The predicted octanol–water partition coefficient (Wildman–Crippen LogP) is 2.11. The standard InChI is InChI=1S/C14H15ClN2O4S/c1-20-10(11-4-5-12(15)22-11)8-17-14(19)13(18)16-7-9-3-2-6-21-9/h2-6,10H,7-8H2,1H3,(H,16,18)(H,17,19)/t10-/m1/s1. The summed E-state index contributed by atoms with van der Waals surface area (Å²) in [7, 11) is 1.53. The molecule has 22 heavy (non-hydrogen) atoms. The summed E-state index contributed by atoms with van der Waals surface area (Å²) in [5, 5.41) is 4.99. The van der Waals surface area contributed by atoms with Gasteiger partial charge in [-0.25, -0.2) is 0 Å². The van der Waals surface area contributed by atoms with Crippen molar-refractivity contribution < 1.29 is 18.7 Å². The van der Waals surface area contributed by atoms with Gasteiger partial charge in [0.15, 0.2) is 0 Å². The number of nitrogens with one attached hydrogen (secondary N) is 2. The summed E-state index contributed by atoms with van der Waals surface area (Å²) in [5.41, 5.74) is 0. The van der Waals surface area contributed by atoms with Crippen LogP contribution < -0.4 is 10.6 Å². The first-order valence-electron chi connectivity index (χ1n) is 6.46. The van der Waals surface area contributed by atoms with E-state index in [4.69, 9.17) is 20.8 Å². The highest BCUT2D eigenvalue weighted by atomic mass is 35.5. The summed E-state index contributed by atoms with van der Waals surface area (Å²) < 4.78 is 11.0. The molecular formula is C14H15ClN2O4S. The van der Waals surface area contributed by atoms with E-state index < -0.39 is 11.8 Å². The van der Waals surface area contributed by atoms with Crippen LogP contribution in [-0.4, -0.2) is 25.5 Å². The number of methoxy groups -OCH3 is 1. The Kier molecular flexibility index (Phi) is 6.00. The van der Waals surface area contributed by atoms with Crippen molar-refractivity contribution in [2.45, 2.75) is 12.6 Å². The van der Waals surface area contributed by atoms with Gasteiger partial charge in [0.1, 0.15) is 11.9 Å². The summed E-state index contributed by atoms with van der Waals surface area (Å²) in [5.74, 6) is -0.879. The van der Waals surface area contributed by atoms with Gasteiger partial charge in [-0.2, -0.15) is 0 Å². The lowest BCUT2D eigenvalue weighted by Crippen LogP contribution is -2.41. The van der Waals surface area contributed by atoms with E-state index in [1.807, 2.05) is 6.07 Å². The van der Waals surface area contributed by atoms with Crippen molar-refractivity contribution in [3.63, 3.8) is 0 Å². The number of carbonyl (C=O) groups is 2. The van der Waals surface area contributed by atoms with Crippen molar-refractivity contribution >= 4 is 34.8 Å². The van der Waals surface area contributed by atoms with Crippen LogP contribution in [0.15, 0.2) is 34.9 Å². The van der Waals surface area contributed by atoms with E-state index in [1.54, 1.807) is 18.2 Å². The Labute approximate surface area is 136 Å². The minimum atomic E-state index is -0.726. The molecule has 0 aliphatic heterocycles. The molecule has 2 aromatic heterocycles. The van der Waals surface area contributed by atoms with Crippen LogP contribution in [0.2, 0.25) is 4.34 Å². The van der Waals surface area contributed by atoms with Crippen LogP contribution in [0.25, 0.3) is 0 Å². The molecule has 1 atom stereocenters. The quantitative estimate of drug-likeness (QED) is 0.788. The topological polar surface area (TPSA) is 80.6 Å². The van der Waals surface area contributed by atoms with Crippen LogP contribution in [0.1, 0.15) is 16.7 Å². The lowest BCUT2D eigenvalue weighted by Gasteiger charge is -2.14. The first kappa shape index (κ1) is 16.5. The molecular weight excluding hydrogens is 328 g/mol. The van der Waals surface area contributed by atoms with Gasteiger partial charge in [-0.15, -0.1) is 11.3 Å². The largest absolute Gasteiger partial charge is 0.467 e. The van der Waals surface area contributed by atoms with Crippen LogP contribution in [0.5, 0.6) is 0 Å². The normalized spacial score (nSPS) is 11.9. The predicted molar refractivity (Wildman–Crippen MR) is 82.6 cm³/mol. The van der Waals surface area contributed by atoms with Crippen LogP contribution in [0.4, 0.5) is 0 Å². The Bertz CT molecular complexity index is 627. The van der Waals surface area contributed by atoms with E-state index in [1.165, 1.54) is 24.7 Å². The van der Waals surface area contributed by atoms with Crippen molar-refractivity contribution in [1.29, 1.82) is 0 Å². The van der Waals surface area contributed by atoms with Gasteiger partial charge in [0.05, 0.1) is 17.1 Å². The lowest BCUT2D eigenvalue weighted by atomic mass is 10.3. The van der Waals surface area contributed by atoms with E-state index in [0.29, 0.717) is 10.1 Å². The molecule has 2 rings (SSSR count). The molecule has 0 bridgehead atoms. The summed E-state index contributed by atoms with van der Waals surface area (Å²) in [6, 6.07) is 6.99. The maximum atomic E-state index is 11.7. The Morgan fingerprint density at radius 2 is 2.09 bits per heavy atom. The number of amides is 2. The van der Waals surface area contributed by atoms with Crippen molar-refractivity contribution in [2.75, 3.05) is 13.7 Å². The monoisotopic (exact) mass is 342 g/mol. The Morgan fingerprint density at radius 3 is 2.68 bits per heavy atom. The molecule has 0 radical (unpaired) electrons. The first-order valence-corrected chi connectivity index (χ1v) is 7.66. The smallest absolute Gasteiger partial charge is 0.309 e. The second kappa shape index (κ2) is 7.98. The third kappa shape index (κ3) is 4.59. The van der Waals surface area contributed by atoms with E-state index in [9.17, 15) is 9.59 Å². The van der Waals surface area contributed by atoms with E-state index in [-0.39, 0.29) is 19.2 Å². The maximum absolute atomic E-state index is 11.7. The molecule has 0 aromatic carbocycles. The SMILES string of the molecule is CO[C@H](CNC(=O)C(=O)NCc1ccco1)c1ccc(Cl)s1. The molecule has 2 heterocycles. The number of ether oxygens (including phenoxy) is 1. The Morgan fingerprint density at radius 1 is 1.32 bits per heavy atom. The van der Waals surface area contributed by atoms with Crippen LogP contribution in [-0.2, 0) is 20.9 Å². The van der Waals surface area contributed by atoms with Gasteiger partial charge in [0.2, 0.25) is 0 Å². The number of thiophene rings is 1. The third-order valence-corrected chi connectivity index (χ3v) is 4.18. The van der Waals surface area contributed by atoms with Crippen molar-refractivity contribution in [1.82, 2.24) is 10.6 Å². The van der Waals surface area contributed by atoms with Gasteiger partial charge >= 0.3 is 11.8 Å². The van der Waals surface area contributed by atoms with Crippen LogP contribution in [0, 0.1) is 0 Å². The highest BCUT2D eigenvalue weighted by molar-refractivity contribution is 7.16. The maximum Gasteiger partial charge on any atom is 0.309 e. The molecule has 2 N–H and O–H groups in total. The van der Waals surface area contributed by atoms with Gasteiger partial charge in [0, 0.05) is 18.5 Å². The molecule has 0 spiro atoms. The minimum Gasteiger partial charge on any atom is -0.467 e. The van der Waals surface area contributed by atoms with Crippen molar-refractivity contribution in [3.05, 3.63) is 45.5 Å². The van der Waals surface area contributed by atoms with Gasteiger partial charge in [-0.05, 0) is 24.3 Å². The molecule has 118 valence electrons. The molecule has 0 fully saturated rings. The lowest BCUT2D eigenvalue weighted by molar-refractivity contribution is -0.139. The second-order valence-electron chi connectivity index (χ2n) is 4.34. The number of furan rings is 1. The molecule has 2 amide bonds. The second-order valence-corrected chi connectivity index (χ2v) is 6.08. The first-order chi connectivity index (χ1) is 10.6. The molecule has 2 aromatic rings. The Balaban J connectivity index is 1.79. The summed E-state index contributed by atoms with van der Waals surface area (Å²) in [6.45, 7) is 0.341. The van der Waals surface area contributed by atoms with E-state index in [0.717, 1.165) is 4.88 Å². The molecule has 0 aliphatic rings. The average Bonchev–Trinajstić information content (AvgIpc) is 3.17. The number of halogens is 1. The summed E-state index contributed by atoms with van der Waals surface area (Å²) in [6.07, 6.45) is 1.15. The molecule has 0 unspecified atom stereocenters. The molecule has 0 aliphatic carbocycles. The molecule has 0 saturated carbocycles. The minimum absolute atomic E-state index is 0.160. The zero-order valence-electron chi connectivity index (χ0n) is 11.8. The molecule has 0 saturated heterocycles. The van der Waals surface area contributed by atoms with Gasteiger partial charge in [0.25, 0.3) is 0 Å². The Hall–Kier alpha value is -1.83. The van der Waals surface area contributed by atoms with Gasteiger partial charge in [-0.1, -0.05) is 11.6 Å². The molecule has 6 nitrogen and oxygen atoms in total. The summed E-state index contributed by atoms with van der Waals surface area (Å²) in [4.78, 5) is 24.3. The number of hydrogen-bond donors (Lipinski definition) is 2. The number of hydrogen-bond acceptors (Lipinski definition) is 5. The fourth-order valence-electron chi connectivity index (χ4n) is 1.73. The van der Waals surface area contributed by atoms with Crippen LogP contribution in [0.3, 0.4) is 0 Å². The highest BCUT2D eigenvalue weighted by Crippen LogP contribution is 2.28. The van der Waals surface area contributed by atoms with Crippen molar-refractivity contribution in [3.8, 4) is 0 Å². The van der Waals surface area contributed by atoms with Gasteiger partial charge in [-0.3, -0.25) is 9.59 Å². The average molecular weight is 343 g/mol. The molecule has 8 heteroatoms. The zero-order chi connectivity index (χ0) is 15.9. The number of rotatable bonds is 6. The summed E-state index contributed by atoms with van der Waals surface area (Å²) >= 11 is 7.23. The van der Waals surface area contributed by atoms with Crippen LogP contribution >= 0.6 is 22.9 Å². The zero-order valence-corrected chi connectivity index (χ0v) is 13.4.